The van der Waals surface area contributed by atoms with Crippen molar-refractivity contribution in [1.29, 1.82) is 0 Å². The summed E-state index contributed by atoms with van der Waals surface area (Å²) in [6.45, 7) is 6.50. The van der Waals surface area contributed by atoms with E-state index in [2.05, 4.69) is 42.5 Å². The van der Waals surface area contributed by atoms with Crippen molar-refractivity contribution in [2.75, 3.05) is 11.9 Å². The van der Waals surface area contributed by atoms with Gasteiger partial charge in [0.25, 0.3) is 0 Å². The average Bonchev–Trinajstić information content (AvgIpc) is 2.78. The topological polar surface area (TPSA) is 46.6 Å². The fourth-order valence-electron chi connectivity index (χ4n) is 2.82. The second-order valence-corrected chi connectivity index (χ2v) is 5.57. The lowest BCUT2D eigenvalue weighted by molar-refractivity contribution is 0.583. The van der Waals surface area contributed by atoms with Gasteiger partial charge in [-0.2, -0.15) is 0 Å². The van der Waals surface area contributed by atoms with Crippen LogP contribution in [0.4, 0.5) is 5.82 Å². The molecule has 0 aliphatic heterocycles. The van der Waals surface area contributed by atoms with Gasteiger partial charge in [0.1, 0.15) is 5.65 Å². The normalized spacial score (nSPS) is 13.1. The maximum atomic E-state index is 6.03. The molecule has 1 atom stereocenters. The van der Waals surface area contributed by atoms with Gasteiger partial charge in [-0.1, -0.05) is 19.9 Å². The second-order valence-electron chi connectivity index (χ2n) is 5.57. The highest BCUT2D eigenvalue weighted by molar-refractivity contribution is 5.56. The number of aromatic nitrogens is 2. The van der Waals surface area contributed by atoms with Gasteiger partial charge >= 0.3 is 0 Å². The van der Waals surface area contributed by atoms with Gasteiger partial charge in [-0.15, -0.1) is 0 Å². The Morgan fingerprint density at radius 2 is 2.00 bits per heavy atom. The Morgan fingerprint density at radius 3 is 2.60 bits per heavy atom. The largest absolute Gasteiger partial charge is 0.355 e. The van der Waals surface area contributed by atoms with E-state index in [1.54, 1.807) is 0 Å². The number of hydrogen-bond acceptors (Lipinski definition) is 3. The molecular formula is C16H26N4. The number of nitrogens with zero attached hydrogens (tertiary/aromatic N) is 3. The first kappa shape index (κ1) is 14.9. The Morgan fingerprint density at radius 1 is 1.30 bits per heavy atom. The Hall–Kier alpha value is -1.55. The number of hydrogen-bond donors (Lipinski definition) is 1. The zero-order valence-corrected chi connectivity index (χ0v) is 13.0. The van der Waals surface area contributed by atoms with Crippen molar-refractivity contribution in [2.45, 2.75) is 52.1 Å². The molecule has 2 N–H and O–H groups in total. The molecule has 0 aliphatic carbocycles. The third kappa shape index (κ3) is 2.80. The van der Waals surface area contributed by atoms with Crippen LogP contribution >= 0.6 is 0 Å². The van der Waals surface area contributed by atoms with Crippen molar-refractivity contribution in [1.82, 2.24) is 9.38 Å². The monoisotopic (exact) mass is 274 g/mol. The molecule has 4 heteroatoms. The Kier molecular flexibility index (Phi) is 4.65. The lowest BCUT2D eigenvalue weighted by atomic mass is 10.1. The summed E-state index contributed by atoms with van der Waals surface area (Å²) in [5, 5.41) is 0. The Bertz CT molecular complexity index is 555. The summed E-state index contributed by atoms with van der Waals surface area (Å²) in [5.74, 6) is 1.07. The van der Waals surface area contributed by atoms with Crippen LogP contribution in [0.5, 0.6) is 0 Å². The van der Waals surface area contributed by atoms with Crippen molar-refractivity contribution in [3.63, 3.8) is 0 Å². The first-order valence-corrected chi connectivity index (χ1v) is 7.52. The number of imidazole rings is 1. The summed E-state index contributed by atoms with van der Waals surface area (Å²) in [6, 6.07) is 6.77. The van der Waals surface area contributed by atoms with Gasteiger partial charge in [0.2, 0.25) is 0 Å². The van der Waals surface area contributed by atoms with Gasteiger partial charge in [0, 0.05) is 31.7 Å². The molecule has 2 rings (SSSR count). The quantitative estimate of drug-likeness (QED) is 0.881. The standard InChI is InChI=1S/C16H26N4/c1-5-13(6-2)19(4)16-14(11-12(3)17)20-10-8-7-9-15(20)18-16/h7-10,12-13H,5-6,11,17H2,1-4H3. The molecule has 0 amide bonds. The third-order valence-electron chi connectivity index (χ3n) is 3.95. The van der Waals surface area contributed by atoms with Crippen LogP contribution in [-0.4, -0.2) is 28.5 Å². The van der Waals surface area contributed by atoms with Crippen LogP contribution in [0.3, 0.4) is 0 Å². The van der Waals surface area contributed by atoms with Crippen molar-refractivity contribution in [3.05, 3.63) is 30.1 Å². The molecular weight excluding hydrogens is 248 g/mol. The number of nitrogens with two attached hydrogens (primary N) is 1. The summed E-state index contributed by atoms with van der Waals surface area (Å²) >= 11 is 0. The van der Waals surface area contributed by atoms with Crippen molar-refractivity contribution >= 4 is 11.5 Å². The van der Waals surface area contributed by atoms with Crippen LogP contribution in [0.25, 0.3) is 5.65 Å². The molecule has 4 nitrogen and oxygen atoms in total. The van der Waals surface area contributed by atoms with Crippen LogP contribution in [0, 0.1) is 0 Å². The molecule has 0 saturated heterocycles. The smallest absolute Gasteiger partial charge is 0.151 e. The molecule has 0 spiro atoms. The summed E-state index contributed by atoms with van der Waals surface area (Å²) in [6.07, 6.45) is 5.16. The van der Waals surface area contributed by atoms with Crippen molar-refractivity contribution < 1.29 is 0 Å². The third-order valence-corrected chi connectivity index (χ3v) is 3.95. The maximum absolute atomic E-state index is 6.03. The van der Waals surface area contributed by atoms with Crippen LogP contribution in [-0.2, 0) is 6.42 Å². The molecule has 0 radical (unpaired) electrons. The summed E-state index contributed by atoms with van der Waals surface area (Å²) in [7, 11) is 2.14. The molecule has 20 heavy (non-hydrogen) atoms. The molecule has 110 valence electrons. The number of anilines is 1. The van der Waals surface area contributed by atoms with E-state index in [1.807, 2.05) is 19.1 Å². The second kappa shape index (κ2) is 6.27. The average molecular weight is 274 g/mol. The van der Waals surface area contributed by atoms with Gasteiger partial charge in [0.05, 0.1) is 5.69 Å². The van der Waals surface area contributed by atoms with Crippen LogP contribution in [0.2, 0.25) is 0 Å². The number of rotatable bonds is 6. The molecule has 2 aromatic heterocycles. The number of pyridine rings is 1. The van der Waals surface area contributed by atoms with Crippen molar-refractivity contribution in [2.24, 2.45) is 5.73 Å². The molecule has 0 aromatic carbocycles. The van der Waals surface area contributed by atoms with Gasteiger partial charge in [-0.3, -0.25) is 0 Å². The van der Waals surface area contributed by atoms with E-state index in [-0.39, 0.29) is 6.04 Å². The van der Waals surface area contributed by atoms with E-state index >= 15 is 0 Å². The van der Waals surface area contributed by atoms with Crippen LogP contribution < -0.4 is 10.6 Å². The molecule has 0 fully saturated rings. The van der Waals surface area contributed by atoms with E-state index in [0.29, 0.717) is 6.04 Å². The lowest BCUT2D eigenvalue weighted by Gasteiger charge is -2.27. The van der Waals surface area contributed by atoms with Gasteiger partial charge < -0.3 is 15.0 Å². The van der Waals surface area contributed by atoms with E-state index in [9.17, 15) is 0 Å². The van der Waals surface area contributed by atoms with Gasteiger partial charge in [-0.25, -0.2) is 4.98 Å². The van der Waals surface area contributed by atoms with Gasteiger partial charge in [0.15, 0.2) is 5.82 Å². The Labute approximate surface area is 121 Å². The summed E-state index contributed by atoms with van der Waals surface area (Å²) < 4.78 is 2.16. The molecule has 0 aliphatic rings. The van der Waals surface area contributed by atoms with Gasteiger partial charge in [-0.05, 0) is 31.9 Å². The molecule has 2 heterocycles. The summed E-state index contributed by atoms with van der Waals surface area (Å²) in [5.41, 5.74) is 8.23. The minimum Gasteiger partial charge on any atom is -0.355 e. The van der Waals surface area contributed by atoms with E-state index < -0.39 is 0 Å². The minimum absolute atomic E-state index is 0.129. The highest BCUT2D eigenvalue weighted by atomic mass is 15.2. The molecule has 0 bridgehead atoms. The number of fused-ring (bicyclic) bond motifs is 1. The predicted octanol–water partition coefficient (Wildman–Crippen LogP) is 2.85. The SMILES string of the molecule is CCC(CC)N(C)c1nc2ccccn2c1CC(C)N. The highest BCUT2D eigenvalue weighted by Gasteiger charge is 2.20. The predicted molar refractivity (Wildman–Crippen MR) is 85.3 cm³/mol. The fourth-order valence-corrected chi connectivity index (χ4v) is 2.82. The zero-order valence-electron chi connectivity index (χ0n) is 13.0. The lowest BCUT2D eigenvalue weighted by Crippen LogP contribution is -2.32. The molecule has 0 saturated carbocycles. The Balaban J connectivity index is 2.50. The first-order chi connectivity index (χ1) is 9.58. The fraction of sp³-hybridized carbons (Fsp3) is 0.562. The van der Waals surface area contributed by atoms with Crippen LogP contribution in [0.1, 0.15) is 39.3 Å². The van der Waals surface area contributed by atoms with E-state index in [1.165, 1.54) is 5.69 Å². The van der Waals surface area contributed by atoms with E-state index in [0.717, 1.165) is 30.7 Å². The maximum Gasteiger partial charge on any atom is 0.151 e. The van der Waals surface area contributed by atoms with E-state index in [4.69, 9.17) is 10.7 Å². The van der Waals surface area contributed by atoms with Crippen LogP contribution in [0.15, 0.2) is 24.4 Å². The zero-order chi connectivity index (χ0) is 14.7. The summed E-state index contributed by atoms with van der Waals surface area (Å²) in [4.78, 5) is 7.13. The molecule has 2 aromatic rings. The van der Waals surface area contributed by atoms with Crippen molar-refractivity contribution in [3.8, 4) is 0 Å². The highest BCUT2D eigenvalue weighted by Crippen LogP contribution is 2.25. The minimum atomic E-state index is 0.129. The first-order valence-electron chi connectivity index (χ1n) is 7.52. The molecule has 1 unspecified atom stereocenters.